The zero-order chi connectivity index (χ0) is 10.6. The fourth-order valence-corrected chi connectivity index (χ4v) is 1.11. The van der Waals surface area contributed by atoms with Crippen molar-refractivity contribution in [3.05, 3.63) is 23.8 Å². The highest BCUT2D eigenvalue weighted by Crippen LogP contribution is 2.20. The van der Waals surface area contributed by atoms with Gasteiger partial charge in [0.25, 0.3) is 0 Å². The second-order valence-electron chi connectivity index (χ2n) is 3.51. The van der Waals surface area contributed by atoms with E-state index in [1.165, 1.54) is 0 Å². The van der Waals surface area contributed by atoms with E-state index in [-0.39, 0.29) is 6.10 Å². The van der Waals surface area contributed by atoms with Crippen LogP contribution in [-0.2, 0) is 0 Å². The summed E-state index contributed by atoms with van der Waals surface area (Å²) in [4.78, 5) is 0. The Labute approximate surface area is 84.5 Å². The van der Waals surface area contributed by atoms with Crippen molar-refractivity contribution in [3.63, 3.8) is 0 Å². The van der Waals surface area contributed by atoms with Crippen LogP contribution < -0.4 is 10.5 Å². The van der Waals surface area contributed by atoms with Gasteiger partial charge in [0.2, 0.25) is 0 Å². The van der Waals surface area contributed by atoms with Crippen molar-refractivity contribution in [2.45, 2.75) is 26.4 Å². The lowest BCUT2D eigenvalue weighted by Gasteiger charge is -2.10. The SMILES string of the molecule is Cc1ccc(N)cc1OCCC(C)O. The van der Waals surface area contributed by atoms with Gasteiger partial charge in [-0.05, 0) is 25.5 Å². The fraction of sp³-hybridized carbons (Fsp3) is 0.455. The maximum atomic E-state index is 9.05. The summed E-state index contributed by atoms with van der Waals surface area (Å²) in [6.07, 6.45) is 0.310. The summed E-state index contributed by atoms with van der Waals surface area (Å²) in [5.41, 5.74) is 7.39. The molecule has 1 aromatic rings. The third-order valence-electron chi connectivity index (χ3n) is 2.01. The molecule has 3 nitrogen and oxygen atoms in total. The maximum Gasteiger partial charge on any atom is 0.124 e. The Morgan fingerprint density at radius 1 is 1.50 bits per heavy atom. The number of anilines is 1. The van der Waals surface area contributed by atoms with Crippen LogP contribution in [0.2, 0.25) is 0 Å². The van der Waals surface area contributed by atoms with Crippen molar-refractivity contribution in [1.82, 2.24) is 0 Å². The van der Waals surface area contributed by atoms with Gasteiger partial charge < -0.3 is 15.6 Å². The number of hydrogen-bond donors (Lipinski definition) is 2. The third kappa shape index (κ3) is 3.26. The van der Waals surface area contributed by atoms with Gasteiger partial charge >= 0.3 is 0 Å². The molecule has 0 aliphatic carbocycles. The molecule has 0 aliphatic rings. The first-order valence-corrected chi connectivity index (χ1v) is 4.76. The summed E-state index contributed by atoms with van der Waals surface area (Å²) < 4.78 is 5.49. The van der Waals surface area contributed by atoms with Crippen LogP contribution in [0.1, 0.15) is 18.9 Å². The minimum atomic E-state index is -0.323. The molecule has 0 saturated carbocycles. The van der Waals surface area contributed by atoms with Crippen molar-refractivity contribution in [3.8, 4) is 5.75 Å². The molecule has 0 aromatic heterocycles. The summed E-state index contributed by atoms with van der Waals surface area (Å²) >= 11 is 0. The molecule has 0 fully saturated rings. The molecule has 1 aromatic carbocycles. The van der Waals surface area contributed by atoms with Crippen LogP contribution in [0.5, 0.6) is 5.75 Å². The van der Waals surface area contributed by atoms with Gasteiger partial charge in [0.1, 0.15) is 5.75 Å². The number of rotatable bonds is 4. The second-order valence-corrected chi connectivity index (χ2v) is 3.51. The molecule has 0 aliphatic heterocycles. The molecule has 1 rings (SSSR count). The van der Waals surface area contributed by atoms with Crippen LogP contribution in [0.3, 0.4) is 0 Å². The molecule has 14 heavy (non-hydrogen) atoms. The van der Waals surface area contributed by atoms with E-state index in [0.29, 0.717) is 18.7 Å². The molecule has 1 unspecified atom stereocenters. The Bertz CT molecular complexity index is 297. The van der Waals surface area contributed by atoms with Crippen molar-refractivity contribution < 1.29 is 9.84 Å². The third-order valence-corrected chi connectivity index (χ3v) is 2.01. The topological polar surface area (TPSA) is 55.5 Å². The molecule has 0 heterocycles. The van der Waals surface area contributed by atoms with Gasteiger partial charge in [0, 0.05) is 18.2 Å². The average Bonchev–Trinajstić information content (AvgIpc) is 2.10. The van der Waals surface area contributed by atoms with Crippen LogP contribution >= 0.6 is 0 Å². The van der Waals surface area contributed by atoms with Crippen molar-refractivity contribution >= 4 is 5.69 Å². The van der Waals surface area contributed by atoms with Crippen LogP contribution in [0.4, 0.5) is 5.69 Å². The Morgan fingerprint density at radius 3 is 2.86 bits per heavy atom. The Kier molecular flexibility index (Phi) is 3.77. The Hall–Kier alpha value is -1.22. The first kappa shape index (κ1) is 10.9. The molecular formula is C11H17NO2. The summed E-state index contributed by atoms with van der Waals surface area (Å²) in [5, 5.41) is 9.05. The van der Waals surface area contributed by atoms with E-state index in [1.54, 1.807) is 13.0 Å². The zero-order valence-corrected chi connectivity index (χ0v) is 8.66. The van der Waals surface area contributed by atoms with Crippen LogP contribution in [0.25, 0.3) is 0 Å². The lowest BCUT2D eigenvalue weighted by molar-refractivity contribution is 0.155. The minimum Gasteiger partial charge on any atom is -0.493 e. The number of ether oxygens (including phenoxy) is 1. The molecule has 0 saturated heterocycles. The van der Waals surface area contributed by atoms with Crippen LogP contribution in [0.15, 0.2) is 18.2 Å². The molecule has 0 radical (unpaired) electrons. The number of aliphatic hydroxyl groups excluding tert-OH is 1. The lowest BCUT2D eigenvalue weighted by Crippen LogP contribution is -2.08. The molecular weight excluding hydrogens is 178 g/mol. The largest absolute Gasteiger partial charge is 0.493 e. The normalized spacial score (nSPS) is 12.5. The van der Waals surface area contributed by atoms with E-state index in [9.17, 15) is 0 Å². The fourth-order valence-electron chi connectivity index (χ4n) is 1.11. The summed E-state index contributed by atoms with van der Waals surface area (Å²) in [7, 11) is 0. The number of hydrogen-bond acceptors (Lipinski definition) is 3. The van der Waals surface area contributed by atoms with Crippen molar-refractivity contribution in [2.24, 2.45) is 0 Å². The number of nitrogens with two attached hydrogens (primary N) is 1. The van der Waals surface area contributed by atoms with Crippen molar-refractivity contribution in [1.29, 1.82) is 0 Å². The van der Waals surface area contributed by atoms with E-state index in [2.05, 4.69) is 0 Å². The standard InChI is InChI=1S/C11H17NO2/c1-8-3-4-10(12)7-11(8)14-6-5-9(2)13/h3-4,7,9,13H,5-6,12H2,1-2H3. The highest BCUT2D eigenvalue weighted by atomic mass is 16.5. The van der Waals surface area contributed by atoms with E-state index in [0.717, 1.165) is 11.3 Å². The van der Waals surface area contributed by atoms with Crippen molar-refractivity contribution in [2.75, 3.05) is 12.3 Å². The van der Waals surface area contributed by atoms with Gasteiger partial charge in [0.05, 0.1) is 12.7 Å². The van der Waals surface area contributed by atoms with E-state index in [4.69, 9.17) is 15.6 Å². The first-order valence-electron chi connectivity index (χ1n) is 4.76. The smallest absolute Gasteiger partial charge is 0.124 e. The van der Waals surface area contributed by atoms with Gasteiger partial charge in [-0.1, -0.05) is 6.07 Å². The predicted molar refractivity (Wildman–Crippen MR) is 57.4 cm³/mol. The molecule has 1 atom stereocenters. The monoisotopic (exact) mass is 195 g/mol. The Balaban J connectivity index is 2.53. The molecule has 0 spiro atoms. The second kappa shape index (κ2) is 4.86. The van der Waals surface area contributed by atoms with Gasteiger partial charge in [-0.3, -0.25) is 0 Å². The quantitative estimate of drug-likeness (QED) is 0.719. The van der Waals surface area contributed by atoms with Crippen LogP contribution in [-0.4, -0.2) is 17.8 Å². The van der Waals surface area contributed by atoms with Gasteiger partial charge in [-0.2, -0.15) is 0 Å². The highest BCUT2D eigenvalue weighted by molar-refractivity contribution is 5.47. The minimum absolute atomic E-state index is 0.323. The molecule has 3 heteroatoms. The van der Waals surface area contributed by atoms with Gasteiger partial charge in [0.15, 0.2) is 0 Å². The van der Waals surface area contributed by atoms with Crippen LogP contribution in [0, 0.1) is 6.92 Å². The summed E-state index contributed by atoms with van der Waals surface area (Å²) in [6.45, 7) is 4.23. The lowest BCUT2D eigenvalue weighted by atomic mass is 10.2. The molecule has 78 valence electrons. The highest BCUT2D eigenvalue weighted by Gasteiger charge is 2.01. The predicted octanol–water partition coefficient (Wildman–Crippen LogP) is 1.73. The summed E-state index contributed by atoms with van der Waals surface area (Å²) in [5.74, 6) is 0.797. The Morgan fingerprint density at radius 2 is 2.21 bits per heavy atom. The summed E-state index contributed by atoms with van der Waals surface area (Å²) in [6, 6.07) is 5.57. The van der Waals surface area contributed by atoms with Gasteiger partial charge in [-0.25, -0.2) is 0 Å². The number of benzene rings is 1. The molecule has 3 N–H and O–H groups in total. The first-order chi connectivity index (χ1) is 6.59. The zero-order valence-electron chi connectivity index (χ0n) is 8.66. The maximum absolute atomic E-state index is 9.05. The molecule has 0 amide bonds. The van der Waals surface area contributed by atoms with E-state index in [1.807, 2.05) is 19.1 Å². The number of aryl methyl sites for hydroxylation is 1. The number of nitrogen functional groups attached to an aromatic ring is 1. The average molecular weight is 195 g/mol. The number of aliphatic hydroxyl groups is 1. The van der Waals surface area contributed by atoms with E-state index >= 15 is 0 Å². The molecule has 0 bridgehead atoms. The van der Waals surface area contributed by atoms with Gasteiger partial charge in [-0.15, -0.1) is 0 Å². The van der Waals surface area contributed by atoms with E-state index < -0.39 is 0 Å².